The van der Waals surface area contributed by atoms with Gasteiger partial charge >= 0.3 is 0 Å². The Balaban J connectivity index is 1.21. The molecule has 1 fully saturated rings. The van der Waals surface area contributed by atoms with Gasteiger partial charge in [-0.05, 0) is 54.1 Å². The summed E-state index contributed by atoms with van der Waals surface area (Å²) in [5, 5.41) is 6.15. The largest absolute Gasteiger partial charge is 0.497 e. The predicted octanol–water partition coefficient (Wildman–Crippen LogP) is 3.66. The second-order valence-corrected chi connectivity index (χ2v) is 12.1. The molecule has 0 bridgehead atoms. The van der Waals surface area contributed by atoms with E-state index in [1.807, 2.05) is 24.3 Å². The Labute approximate surface area is 232 Å². The molecule has 0 aromatic heterocycles. The maximum absolute atomic E-state index is 13.2. The number of benzene rings is 3. The van der Waals surface area contributed by atoms with Crippen LogP contribution < -0.4 is 20.3 Å². The zero-order chi connectivity index (χ0) is 27.6. The molecular formula is C28H29ClN4O5S. The van der Waals surface area contributed by atoms with Gasteiger partial charge in [0.15, 0.2) is 9.84 Å². The molecule has 5 rings (SSSR count). The van der Waals surface area contributed by atoms with E-state index in [9.17, 15) is 18.0 Å². The van der Waals surface area contributed by atoms with E-state index < -0.39 is 21.8 Å². The van der Waals surface area contributed by atoms with Crippen molar-refractivity contribution in [2.24, 2.45) is 0 Å². The summed E-state index contributed by atoms with van der Waals surface area (Å²) in [5.74, 6) is -0.437. The summed E-state index contributed by atoms with van der Waals surface area (Å²) in [4.78, 5) is 30.0. The highest BCUT2D eigenvalue weighted by atomic mass is 35.5. The average molecular weight is 569 g/mol. The first-order chi connectivity index (χ1) is 18.7. The van der Waals surface area contributed by atoms with E-state index in [1.54, 1.807) is 54.5 Å². The fourth-order valence-corrected chi connectivity index (χ4v) is 6.67. The molecule has 2 heterocycles. The van der Waals surface area contributed by atoms with Crippen LogP contribution in [0, 0.1) is 0 Å². The van der Waals surface area contributed by atoms with Gasteiger partial charge in [0.2, 0.25) is 5.91 Å². The van der Waals surface area contributed by atoms with E-state index in [0.717, 1.165) is 11.4 Å². The van der Waals surface area contributed by atoms with Crippen molar-refractivity contribution >= 4 is 50.3 Å². The third-order valence-corrected chi connectivity index (χ3v) is 8.89. The molecule has 39 heavy (non-hydrogen) atoms. The van der Waals surface area contributed by atoms with Crippen LogP contribution in [0.25, 0.3) is 0 Å². The lowest BCUT2D eigenvalue weighted by Crippen LogP contribution is -2.49. The minimum atomic E-state index is -3.64. The van der Waals surface area contributed by atoms with Gasteiger partial charge in [0, 0.05) is 42.5 Å². The van der Waals surface area contributed by atoms with Crippen molar-refractivity contribution in [1.29, 1.82) is 0 Å². The number of sulfone groups is 1. The van der Waals surface area contributed by atoms with Crippen molar-refractivity contribution in [2.75, 3.05) is 54.6 Å². The van der Waals surface area contributed by atoms with Crippen LogP contribution >= 0.6 is 11.6 Å². The number of nitrogens with zero attached hydrogens (tertiary/aromatic N) is 2. The van der Waals surface area contributed by atoms with Crippen molar-refractivity contribution in [3.05, 3.63) is 82.9 Å². The molecule has 0 saturated carbocycles. The second kappa shape index (κ2) is 11.2. The fourth-order valence-electron chi connectivity index (χ4n) is 4.81. The first kappa shape index (κ1) is 26.8. The maximum Gasteiger partial charge on any atom is 0.254 e. The lowest BCUT2D eigenvalue weighted by atomic mass is 10.1. The van der Waals surface area contributed by atoms with E-state index in [2.05, 4.69) is 15.5 Å². The first-order valence-corrected chi connectivity index (χ1v) is 14.8. The summed E-state index contributed by atoms with van der Waals surface area (Å²) < 4.78 is 30.8. The smallest absolute Gasteiger partial charge is 0.254 e. The van der Waals surface area contributed by atoms with Crippen molar-refractivity contribution < 1.29 is 22.7 Å². The topological polar surface area (TPSA) is 108 Å². The first-order valence-electron chi connectivity index (χ1n) is 12.6. The van der Waals surface area contributed by atoms with Crippen LogP contribution in [0.1, 0.15) is 15.9 Å². The SMILES string of the molecule is COc1ccc(N2CCN(C(=O)c3ccc4c(c3)NC(=O)[C@@H](CS(=O)(=O)Cc3ccccc3Cl)N4)CC2)cc1. The van der Waals surface area contributed by atoms with Crippen molar-refractivity contribution in [3.8, 4) is 5.75 Å². The number of carbonyl (C=O) groups is 2. The van der Waals surface area contributed by atoms with Gasteiger partial charge < -0.3 is 25.2 Å². The summed E-state index contributed by atoms with van der Waals surface area (Å²) in [5.41, 5.74) is 3.03. The Morgan fingerprint density at radius 2 is 1.72 bits per heavy atom. The van der Waals surface area contributed by atoms with Gasteiger partial charge in [-0.25, -0.2) is 8.42 Å². The predicted molar refractivity (Wildman–Crippen MR) is 153 cm³/mol. The zero-order valence-electron chi connectivity index (χ0n) is 21.4. The van der Waals surface area contributed by atoms with E-state index in [4.69, 9.17) is 16.3 Å². The fraction of sp³-hybridized carbons (Fsp3) is 0.286. The minimum absolute atomic E-state index is 0.120. The Hall–Kier alpha value is -3.76. The molecule has 2 aliphatic heterocycles. The highest BCUT2D eigenvalue weighted by molar-refractivity contribution is 7.90. The standard InChI is InChI=1S/C28H29ClN4O5S/c1-38-22-9-7-21(8-10-22)32-12-14-33(15-13-32)28(35)19-6-11-24-25(16-19)31-27(34)26(30-24)18-39(36,37)17-20-4-2-3-5-23(20)29/h2-11,16,26,30H,12-15,17-18H2,1H3,(H,31,34)/t26-/m1/s1. The summed E-state index contributed by atoms with van der Waals surface area (Å²) >= 11 is 6.11. The third kappa shape index (κ3) is 6.12. The van der Waals surface area contributed by atoms with Crippen LogP contribution in [0.15, 0.2) is 66.7 Å². The number of methoxy groups -OCH3 is 1. The lowest BCUT2D eigenvalue weighted by Gasteiger charge is -2.36. The van der Waals surface area contributed by atoms with Gasteiger partial charge in [-0.2, -0.15) is 0 Å². The van der Waals surface area contributed by atoms with Crippen LogP contribution in [-0.2, 0) is 20.4 Å². The average Bonchev–Trinajstić information content (AvgIpc) is 2.94. The van der Waals surface area contributed by atoms with Crippen molar-refractivity contribution in [1.82, 2.24) is 4.90 Å². The molecule has 0 radical (unpaired) electrons. The van der Waals surface area contributed by atoms with Crippen molar-refractivity contribution in [2.45, 2.75) is 11.8 Å². The van der Waals surface area contributed by atoms with E-state index in [0.29, 0.717) is 53.7 Å². The summed E-state index contributed by atoms with van der Waals surface area (Å²) in [6.45, 7) is 2.53. The third-order valence-electron chi connectivity index (χ3n) is 6.93. The number of rotatable bonds is 7. The second-order valence-electron chi connectivity index (χ2n) is 9.57. The Morgan fingerprint density at radius 1 is 1.00 bits per heavy atom. The molecule has 0 spiro atoms. The number of nitrogens with one attached hydrogen (secondary N) is 2. The highest BCUT2D eigenvalue weighted by Crippen LogP contribution is 2.30. The normalized spacial score (nSPS) is 17.2. The van der Waals surface area contributed by atoms with Crippen LogP contribution in [0.3, 0.4) is 0 Å². The van der Waals surface area contributed by atoms with E-state index in [1.165, 1.54) is 0 Å². The minimum Gasteiger partial charge on any atom is -0.497 e. The highest BCUT2D eigenvalue weighted by Gasteiger charge is 2.31. The quantitative estimate of drug-likeness (QED) is 0.448. The Kier molecular flexibility index (Phi) is 7.67. The molecule has 204 valence electrons. The monoisotopic (exact) mass is 568 g/mol. The molecule has 0 unspecified atom stereocenters. The van der Waals surface area contributed by atoms with E-state index >= 15 is 0 Å². The number of carbonyl (C=O) groups excluding carboxylic acids is 2. The summed E-state index contributed by atoms with van der Waals surface area (Å²) in [6, 6.07) is 18.6. The van der Waals surface area contributed by atoms with Gasteiger partial charge in [-0.15, -0.1) is 0 Å². The van der Waals surface area contributed by atoms with Gasteiger partial charge in [0.25, 0.3) is 5.91 Å². The zero-order valence-corrected chi connectivity index (χ0v) is 23.0. The molecule has 1 atom stereocenters. The molecule has 1 saturated heterocycles. The van der Waals surface area contributed by atoms with Crippen LogP contribution in [-0.4, -0.2) is 70.2 Å². The summed E-state index contributed by atoms with van der Waals surface area (Å²) in [7, 11) is -2.00. The van der Waals surface area contributed by atoms with Gasteiger partial charge in [-0.3, -0.25) is 9.59 Å². The molecule has 2 N–H and O–H groups in total. The number of anilines is 3. The lowest BCUT2D eigenvalue weighted by molar-refractivity contribution is -0.116. The molecule has 9 nitrogen and oxygen atoms in total. The number of hydrogen-bond donors (Lipinski definition) is 2. The number of fused-ring (bicyclic) bond motifs is 1. The number of piperazine rings is 1. The maximum atomic E-state index is 13.2. The van der Waals surface area contributed by atoms with Crippen LogP contribution in [0.2, 0.25) is 5.02 Å². The van der Waals surface area contributed by atoms with Crippen molar-refractivity contribution in [3.63, 3.8) is 0 Å². The Bertz CT molecular complexity index is 1490. The molecule has 2 amide bonds. The van der Waals surface area contributed by atoms with Crippen LogP contribution in [0.4, 0.5) is 17.1 Å². The number of hydrogen-bond acceptors (Lipinski definition) is 7. The molecule has 2 aliphatic rings. The van der Waals surface area contributed by atoms with E-state index in [-0.39, 0.29) is 17.4 Å². The number of ether oxygens (including phenoxy) is 1. The van der Waals surface area contributed by atoms with Crippen LogP contribution in [0.5, 0.6) is 5.75 Å². The molecule has 0 aliphatic carbocycles. The molecule has 11 heteroatoms. The molecule has 3 aromatic rings. The summed E-state index contributed by atoms with van der Waals surface area (Å²) in [6.07, 6.45) is 0. The number of halogens is 1. The van der Waals surface area contributed by atoms with Gasteiger partial charge in [0.05, 0.1) is 30.0 Å². The number of amides is 2. The molecule has 3 aromatic carbocycles. The Morgan fingerprint density at radius 3 is 2.41 bits per heavy atom. The van der Waals surface area contributed by atoms with Gasteiger partial charge in [-0.1, -0.05) is 29.8 Å². The molecular weight excluding hydrogens is 540 g/mol. The van der Waals surface area contributed by atoms with Gasteiger partial charge in [0.1, 0.15) is 11.8 Å².